The van der Waals surface area contributed by atoms with Gasteiger partial charge in [-0.2, -0.15) is 0 Å². The maximum atomic E-state index is 10.2. The minimum absolute atomic E-state index is 0.447. The van der Waals surface area contributed by atoms with Crippen LogP contribution in [0.15, 0.2) is 12.1 Å². The molecule has 0 fully saturated rings. The van der Waals surface area contributed by atoms with Crippen LogP contribution in [0.5, 0.6) is 5.75 Å². The summed E-state index contributed by atoms with van der Waals surface area (Å²) < 4.78 is 0. The molecule has 0 amide bonds. The molecule has 3 nitrogen and oxygen atoms in total. The van der Waals surface area contributed by atoms with Crippen LogP contribution in [-0.2, 0) is 13.1 Å². The van der Waals surface area contributed by atoms with E-state index in [9.17, 15) is 5.11 Å². The van der Waals surface area contributed by atoms with Gasteiger partial charge in [-0.15, -0.1) is 0 Å². The van der Waals surface area contributed by atoms with Crippen molar-refractivity contribution in [1.29, 1.82) is 0 Å². The van der Waals surface area contributed by atoms with Crippen molar-refractivity contribution < 1.29 is 5.11 Å². The first-order valence-corrected chi connectivity index (χ1v) is 5.51. The van der Waals surface area contributed by atoms with Crippen LogP contribution in [0.2, 0.25) is 0 Å². The Bertz CT molecular complexity index is 359. The molecule has 0 heterocycles. The number of phenols is 1. The molecular formula is C13H22N2O. The topological polar surface area (TPSA) is 26.7 Å². The largest absolute Gasteiger partial charge is 0.507 e. The van der Waals surface area contributed by atoms with Gasteiger partial charge in [0.15, 0.2) is 0 Å². The van der Waals surface area contributed by atoms with E-state index < -0.39 is 0 Å². The molecule has 0 bridgehead atoms. The lowest BCUT2D eigenvalue weighted by molar-refractivity contribution is 0.367. The molecule has 0 radical (unpaired) electrons. The number of aromatic hydroxyl groups is 1. The maximum absolute atomic E-state index is 10.2. The summed E-state index contributed by atoms with van der Waals surface area (Å²) in [5.74, 6) is 0.447. The Morgan fingerprint density at radius 1 is 1.00 bits per heavy atom. The molecule has 16 heavy (non-hydrogen) atoms. The summed E-state index contributed by atoms with van der Waals surface area (Å²) in [6.45, 7) is 3.59. The van der Waals surface area contributed by atoms with E-state index in [2.05, 4.69) is 15.9 Å². The third kappa shape index (κ3) is 3.22. The lowest BCUT2D eigenvalue weighted by Crippen LogP contribution is -2.14. The van der Waals surface area contributed by atoms with Crippen LogP contribution in [0.4, 0.5) is 0 Å². The first kappa shape index (κ1) is 13.0. The fraction of sp³-hybridized carbons (Fsp3) is 0.538. The third-order valence-electron chi connectivity index (χ3n) is 2.56. The highest BCUT2D eigenvalue weighted by atomic mass is 16.3. The van der Waals surface area contributed by atoms with Gasteiger partial charge in [0.2, 0.25) is 0 Å². The molecule has 0 aromatic heterocycles. The van der Waals surface area contributed by atoms with Crippen LogP contribution >= 0.6 is 0 Å². The maximum Gasteiger partial charge on any atom is 0.124 e. The van der Waals surface area contributed by atoms with E-state index in [4.69, 9.17) is 0 Å². The van der Waals surface area contributed by atoms with E-state index >= 15 is 0 Å². The summed E-state index contributed by atoms with van der Waals surface area (Å²) >= 11 is 0. The fourth-order valence-corrected chi connectivity index (χ4v) is 1.77. The molecule has 0 atom stereocenters. The molecule has 0 saturated carbocycles. The first-order valence-electron chi connectivity index (χ1n) is 5.51. The van der Waals surface area contributed by atoms with Crippen molar-refractivity contribution in [1.82, 2.24) is 9.80 Å². The van der Waals surface area contributed by atoms with Crippen molar-refractivity contribution in [3.05, 3.63) is 28.8 Å². The van der Waals surface area contributed by atoms with E-state index in [1.54, 1.807) is 0 Å². The third-order valence-corrected chi connectivity index (χ3v) is 2.56. The van der Waals surface area contributed by atoms with Gasteiger partial charge in [-0.05, 0) is 40.7 Å². The Kier molecular flexibility index (Phi) is 4.33. The molecule has 1 rings (SSSR count). The number of aryl methyl sites for hydroxylation is 1. The van der Waals surface area contributed by atoms with Gasteiger partial charge in [-0.3, -0.25) is 0 Å². The highest BCUT2D eigenvalue weighted by Gasteiger charge is 2.11. The van der Waals surface area contributed by atoms with Gasteiger partial charge < -0.3 is 14.9 Å². The van der Waals surface area contributed by atoms with Crippen LogP contribution in [-0.4, -0.2) is 43.1 Å². The summed E-state index contributed by atoms with van der Waals surface area (Å²) in [6, 6.07) is 4.08. The van der Waals surface area contributed by atoms with Gasteiger partial charge in [-0.25, -0.2) is 0 Å². The van der Waals surface area contributed by atoms with Gasteiger partial charge >= 0.3 is 0 Å². The van der Waals surface area contributed by atoms with Crippen molar-refractivity contribution in [3.63, 3.8) is 0 Å². The summed E-state index contributed by atoms with van der Waals surface area (Å²) in [6.07, 6.45) is 0. The van der Waals surface area contributed by atoms with Gasteiger partial charge in [0.1, 0.15) is 5.75 Å². The predicted molar refractivity (Wildman–Crippen MR) is 67.6 cm³/mol. The Hall–Kier alpha value is -1.06. The van der Waals surface area contributed by atoms with Crippen LogP contribution in [0.1, 0.15) is 16.7 Å². The second-order valence-corrected chi connectivity index (χ2v) is 4.84. The van der Waals surface area contributed by atoms with E-state index in [0.29, 0.717) is 5.75 Å². The van der Waals surface area contributed by atoms with Gasteiger partial charge in [0.25, 0.3) is 0 Å². The van der Waals surface area contributed by atoms with Crippen molar-refractivity contribution >= 4 is 0 Å². The lowest BCUT2D eigenvalue weighted by Gasteiger charge is -2.18. The second kappa shape index (κ2) is 5.32. The standard InChI is InChI=1S/C13H22N2O/c1-10-6-7-11(8-14(2)3)13(16)12(10)9-15(4)5/h6-7,16H,8-9H2,1-5H3. The Balaban J connectivity index is 3.06. The molecule has 0 saturated heterocycles. The number of phenolic OH excluding ortho intramolecular Hbond substituents is 1. The van der Waals surface area contributed by atoms with E-state index in [1.165, 1.54) is 0 Å². The fourth-order valence-electron chi connectivity index (χ4n) is 1.77. The normalized spacial score (nSPS) is 11.4. The molecule has 0 aliphatic heterocycles. The highest BCUT2D eigenvalue weighted by molar-refractivity contribution is 5.45. The molecule has 0 unspecified atom stereocenters. The number of hydrogen-bond donors (Lipinski definition) is 1. The summed E-state index contributed by atoms with van der Waals surface area (Å²) in [7, 11) is 8.03. The molecular weight excluding hydrogens is 200 g/mol. The number of benzene rings is 1. The second-order valence-electron chi connectivity index (χ2n) is 4.84. The van der Waals surface area contributed by atoms with Crippen LogP contribution in [0.25, 0.3) is 0 Å². The van der Waals surface area contributed by atoms with Crippen molar-refractivity contribution in [3.8, 4) is 5.75 Å². The predicted octanol–water partition coefficient (Wildman–Crippen LogP) is 1.82. The molecule has 90 valence electrons. The first-order chi connectivity index (χ1) is 7.41. The van der Waals surface area contributed by atoms with Gasteiger partial charge in [-0.1, -0.05) is 12.1 Å². The number of rotatable bonds is 4. The Labute approximate surface area is 98.3 Å². The van der Waals surface area contributed by atoms with Crippen molar-refractivity contribution in [2.24, 2.45) is 0 Å². The quantitative estimate of drug-likeness (QED) is 0.842. The molecule has 1 N–H and O–H groups in total. The zero-order valence-corrected chi connectivity index (χ0v) is 10.9. The molecule has 1 aromatic carbocycles. The SMILES string of the molecule is Cc1ccc(CN(C)C)c(O)c1CN(C)C. The average molecular weight is 222 g/mol. The number of nitrogens with zero attached hydrogens (tertiary/aromatic N) is 2. The monoisotopic (exact) mass is 222 g/mol. The van der Waals surface area contributed by atoms with Crippen molar-refractivity contribution in [2.75, 3.05) is 28.2 Å². The lowest BCUT2D eigenvalue weighted by atomic mass is 10.0. The van der Waals surface area contributed by atoms with Crippen LogP contribution in [0.3, 0.4) is 0 Å². The van der Waals surface area contributed by atoms with Gasteiger partial charge in [0, 0.05) is 24.2 Å². The zero-order valence-electron chi connectivity index (χ0n) is 10.9. The van der Waals surface area contributed by atoms with E-state index in [-0.39, 0.29) is 0 Å². The molecule has 0 spiro atoms. The summed E-state index contributed by atoms with van der Waals surface area (Å²) in [4.78, 5) is 4.13. The van der Waals surface area contributed by atoms with Crippen LogP contribution < -0.4 is 0 Å². The van der Waals surface area contributed by atoms with E-state index in [1.807, 2.05) is 41.2 Å². The molecule has 0 aliphatic rings. The zero-order chi connectivity index (χ0) is 12.3. The summed E-state index contributed by atoms with van der Waals surface area (Å²) in [5.41, 5.74) is 3.17. The van der Waals surface area contributed by atoms with E-state index in [0.717, 1.165) is 29.8 Å². The minimum atomic E-state index is 0.447. The Morgan fingerprint density at radius 2 is 1.56 bits per heavy atom. The van der Waals surface area contributed by atoms with Gasteiger partial charge in [0.05, 0.1) is 0 Å². The highest BCUT2D eigenvalue weighted by Crippen LogP contribution is 2.27. The summed E-state index contributed by atoms with van der Waals surface area (Å²) in [5, 5.41) is 10.2. The van der Waals surface area contributed by atoms with Crippen LogP contribution in [0, 0.1) is 6.92 Å². The molecule has 1 aromatic rings. The smallest absolute Gasteiger partial charge is 0.124 e. The molecule has 0 aliphatic carbocycles. The molecule has 3 heteroatoms. The Morgan fingerprint density at radius 3 is 2.06 bits per heavy atom. The van der Waals surface area contributed by atoms with Crippen molar-refractivity contribution in [2.45, 2.75) is 20.0 Å². The minimum Gasteiger partial charge on any atom is -0.507 e. The average Bonchev–Trinajstić information content (AvgIpc) is 2.16. The number of hydrogen-bond acceptors (Lipinski definition) is 3.